The van der Waals surface area contributed by atoms with Crippen LogP contribution in [0.1, 0.15) is 19.4 Å². The third-order valence-electron chi connectivity index (χ3n) is 3.34. The van der Waals surface area contributed by atoms with Gasteiger partial charge in [0.1, 0.15) is 11.7 Å². The van der Waals surface area contributed by atoms with E-state index in [2.05, 4.69) is 6.58 Å². The number of β-lactam (4-membered cyclic amide) rings is 1. The normalized spacial score (nSPS) is 22.6. The van der Waals surface area contributed by atoms with Gasteiger partial charge in [0.15, 0.2) is 0 Å². The molecule has 1 aliphatic heterocycles. The molecule has 0 unspecified atom stereocenters. The third kappa shape index (κ3) is 2.08. The van der Waals surface area contributed by atoms with Crippen molar-refractivity contribution in [1.82, 2.24) is 4.90 Å². The highest BCUT2D eigenvalue weighted by molar-refractivity contribution is 6.06. The number of benzene rings is 1. The molecule has 0 bridgehead atoms. The van der Waals surface area contributed by atoms with E-state index in [1.54, 1.807) is 4.90 Å². The van der Waals surface area contributed by atoms with E-state index < -0.39 is 5.92 Å². The van der Waals surface area contributed by atoms with E-state index in [0.717, 1.165) is 11.1 Å². The van der Waals surface area contributed by atoms with Crippen molar-refractivity contribution >= 4 is 11.7 Å². The second-order valence-electron chi connectivity index (χ2n) is 4.83. The first-order valence-corrected chi connectivity index (χ1v) is 6.02. The Kier molecular flexibility index (Phi) is 3.32. The Balaban J connectivity index is 2.16. The summed E-state index contributed by atoms with van der Waals surface area (Å²) >= 11 is 0. The van der Waals surface area contributed by atoms with E-state index in [0.29, 0.717) is 6.54 Å². The SMILES string of the molecule is C=C(C)[C@H]1[C@H](C(C)=O)C(=O)N1Cc1ccccc1. The molecule has 1 aromatic rings. The lowest BCUT2D eigenvalue weighted by Crippen LogP contribution is -2.62. The largest absolute Gasteiger partial charge is 0.330 e. The van der Waals surface area contributed by atoms with Gasteiger partial charge in [0.25, 0.3) is 0 Å². The molecule has 3 heteroatoms. The Morgan fingerprint density at radius 3 is 2.39 bits per heavy atom. The number of carbonyl (C=O) groups excluding carboxylic acids is 2. The number of likely N-dealkylation sites (tertiary alicyclic amines) is 1. The summed E-state index contributed by atoms with van der Waals surface area (Å²) in [6.07, 6.45) is 0. The van der Waals surface area contributed by atoms with Crippen LogP contribution >= 0.6 is 0 Å². The van der Waals surface area contributed by atoms with Crippen molar-refractivity contribution in [3.63, 3.8) is 0 Å². The van der Waals surface area contributed by atoms with Crippen LogP contribution in [0.4, 0.5) is 0 Å². The molecule has 1 amide bonds. The van der Waals surface area contributed by atoms with Gasteiger partial charge < -0.3 is 4.90 Å². The second kappa shape index (κ2) is 4.77. The zero-order chi connectivity index (χ0) is 13.3. The zero-order valence-electron chi connectivity index (χ0n) is 10.7. The molecule has 2 atom stereocenters. The van der Waals surface area contributed by atoms with Gasteiger partial charge in [-0.15, -0.1) is 0 Å². The van der Waals surface area contributed by atoms with Gasteiger partial charge in [-0.25, -0.2) is 0 Å². The van der Waals surface area contributed by atoms with Crippen LogP contribution in [0.2, 0.25) is 0 Å². The van der Waals surface area contributed by atoms with E-state index in [1.165, 1.54) is 6.92 Å². The number of amides is 1. The van der Waals surface area contributed by atoms with Crippen molar-refractivity contribution < 1.29 is 9.59 Å². The van der Waals surface area contributed by atoms with Crippen LogP contribution in [0.3, 0.4) is 0 Å². The van der Waals surface area contributed by atoms with E-state index in [-0.39, 0.29) is 17.7 Å². The van der Waals surface area contributed by atoms with Crippen molar-refractivity contribution in [2.75, 3.05) is 0 Å². The van der Waals surface area contributed by atoms with Gasteiger partial charge in [0.05, 0.1) is 6.04 Å². The molecule has 0 spiro atoms. The van der Waals surface area contributed by atoms with Crippen LogP contribution in [-0.4, -0.2) is 22.6 Å². The van der Waals surface area contributed by atoms with Crippen molar-refractivity contribution in [2.24, 2.45) is 5.92 Å². The summed E-state index contributed by atoms with van der Waals surface area (Å²) in [6.45, 7) is 7.77. The maximum absolute atomic E-state index is 12.0. The Morgan fingerprint density at radius 2 is 1.89 bits per heavy atom. The highest BCUT2D eigenvalue weighted by atomic mass is 16.2. The topological polar surface area (TPSA) is 37.4 Å². The lowest BCUT2D eigenvalue weighted by molar-refractivity contribution is -0.159. The highest BCUT2D eigenvalue weighted by Gasteiger charge is 2.49. The van der Waals surface area contributed by atoms with Crippen LogP contribution in [0.15, 0.2) is 42.5 Å². The number of hydrogen-bond donors (Lipinski definition) is 0. The van der Waals surface area contributed by atoms with Crippen LogP contribution in [0.25, 0.3) is 0 Å². The molecule has 0 aromatic heterocycles. The molecule has 0 N–H and O–H groups in total. The summed E-state index contributed by atoms with van der Waals surface area (Å²) < 4.78 is 0. The number of rotatable bonds is 4. The fraction of sp³-hybridized carbons (Fsp3) is 0.333. The van der Waals surface area contributed by atoms with Gasteiger partial charge >= 0.3 is 0 Å². The van der Waals surface area contributed by atoms with Gasteiger partial charge in [-0.2, -0.15) is 0 Å². The molecule has 1 aromatic carbocycles. The number of ketones is 1. The van der Waals surface area contributed by atoms with Crippen molar-refractivity contribution in [3.8, 4) is 0 Å². The predicted octanol–water partition coefficient (Wildman–Crippen LogP) is 2.18. The smallest absolute Gasteiger partial charge is 0.236 e. The fourth-order valence-electron chi connectivity index (χ4n) is 2.45. The standard InChI is InChI=1S/C15H17NO2/c1-10(2)14-13(11(3)17)15(18)16(14)9-12-7-5-4-6-8-12/h4-8,13-14H,1,9H2,2-3H3/t13-,14-/m0/s1. The summed E-state index contributed by atoms with van der Waals surface area (Å²) in [7, 11) is 0. The number of Topliss-reactive ketones (excluding diaryl/α,β-unsaturated/α-hetero) is 1. The van der Waals surface area contributed by atoms with E-state index in [9.17, 15) is 9.59 Å². The molecule has 1 saturated heterocycles. The molecule has 0 saturated carbocycles. The van der Waals surface area contributed by atoms with E-state index in [4.69, 9.17) is 0 Å². The Morgan fingerprint density at radius 1 is 1.28 bits per heavy atom. The van der Waals surface area contributed by atoms with Gasteiger partial charge in [-0.05, 0) is 19.4 Å². The van der Waals surface area contributed by atoms with Crippen molar-refractivity contribution in [3.05, 3.63) is 48.0 Å². The lowest BCUT2D eigenvalue weighted by Gasteiger charge is -2.46. The van der Waals surface area contributed by atoms with Gasteiger partial charge in [-0.3, -0.25) is 9.59 Å². The van der Waals surface area contributed by atoms with E-state index in [1.807, 2.05) is 37.3 Å². The average molecular weight is 243 g/mol. The van der Waals surface area contributed by atoms with Crippen LogP contribution in [-0.2, 0) is 16.1 Å². The lowest BCUT2D eigenvalue weighted by atomic mass is 9.80. The molecular weight excluding hydrogens is 226 g/mol. The molecule has 18 heavy (non-hydrogen) atoms. The maximum atomic E-state index is 12.0. The first-order chi connectivity index (χ1) is 8.52. The summed E-state index contributed by atoms with van der Waals surface area (Å²) in [5.74, 6) is -0.678. The molecule has 2 rings (SSSR count). The molecule has 0 aliphatic carbocycles. The zero-order valence-corrected chi connectivity index (χ0v) is 10.7. The minimum absolute atomic E-state index is 0.0719. The van der Waals surface area contributed by atoms with Crippen LogP contribution in [0, 0.1) is 5.92 Å². The summed E-state index contributed by atoms with van der Waals surface area (Å²) in [5, 5.41) is 0. The summed E-state index contributed by atoms with van der Waals surface area (Å²) in [4.78, 5) is 25.2. The van der Waals surface area contributed by atoms with Crippen LogP contribution in [0.5, 0.6) is 0 Å². The molecule has 1 heterocycles. The number of hydrogen-bond acceptors (Lipinski definition) is 2. The van der Waals surface area contributed by atoms with Gasteiger partial charge in [0, 0.05) is 6.54 Å². The predicted molar refractivity (Wildman–Crippen MR) is 69.8 cm³/mol. The average Bonchev–Trinajstić information content (AvgIpc) is 2.32. The maximum Gasteiger partial charge on any atom is 0.236 e. The third-order valence-corrected chi connectivity index (χ3v) is 3.34. The molecule has 3 nitrogen and oxygen atoms in total. The van der Waals surface area contributed by atoms with Crippen molar-refractivity contribution in [1.29, 1.82) is 0 Å². The summed E-state index contributed by atoms with van der Waals surface area (Å²) in [5.41, 5.74) is 1.94. The summed E-state index contributed by atoms with van der Waals surface area (Å²) in [6, 6.07) is 9.63. The quantitative estimate of drug-likeness (QED) is 0.462. The molecule has 0 radical (unpaired) electrons. The highest BCUT2D eigenvalue weighted by Crippen LogP contribution is 2.33. The van der Waals surface area contributed by atoms with Gasteiger partial charge in [-0.1, -0.05) is 42.5 Å². The minimum atomic E-state index is -0.522. The fourth-order valence-corrected chi connectivity index (χ4v) is 2.45. The first-order valence-electron chi connectivity index (χ1n) is 6.02. The van der Waals surface area contributed by atoms with Crippen molar-refractivity contribution in [2.45, 2.75) is 26.4 Å². The molecule has 94 valence electrons. The molecule has 1 aliphatic rings. The number of nitrogens with zero attached hydrogens (tertiary/aromatic N) is 1. The molecule has 1 fully saturated rings. The number of carbonyl (C=O) groups is 2. The first kappa shape index (κ1) is 12.6. The monoisotopic (exact) mass is 243 g/mol. The van der Waals surface area contributed by atoms with Crippen LogP contribution < -0.4 is 0 Å². The Hall–Kier alpha value is -1.90. The van der Waals surface area contributed by atoms with Gasteiger partial charge in [0.2, 0.25) is 5.91 Å². The van der Waals surface area contributed by atoms with E-state index >= 15 is 0 Å². The Bertz CT molecular complexity index is 492. The Labute approximate surface area is 107 Å². The molecular formula is C15H17NO2. The second-order valence-corrected chi connectivity index (χ2v) is 4.83. The minimum Gasteiger partial charge on any atom is -0.330 e.